The molecule has 0 radical (unpaired) electrons. The fourth-order valence-electron chi connectivity index (χ4n) is 3.23. The van der Waals surface area contributed by atoms with Gasteiger partial charge in [0.05, 0.1) is 12.7 Å². The molecule has 0 unspecified atom stereocenters. The van der Waals surface area contributed by atoms with E-state index in [1.165, 1.54) is 12.8 Å². The summed E-state index contributed by atoms with van der Waals surface area (Å²) in [5.74, 6) is 0. The van der Waals surface area contributed by atoms with Crippen molar-refractivity contribution in [3.8, 4) is 0 Å². The van der Waals surface area contributed by atoms with E-state index in [-0.39, 0.29) is 0 Å². The summed E-state index contributed by atoms with van der Waals surface area (Å²) in [7, 11) is 0. The fourth-order valence-corrected chi connectivity index (χ4v) is 4.06. The third kappa shape index (κ3) is 2.99. The highest BCUT2D eigenvalue weighted by Gasteiger charge is 2.39. The van der Waals surface area contributed by atoms with Crippen molar-refractivity contribution in [3.63, 3.8) is 0 Å². The van der Waals surface area contributed by atoms with Gasteiger partial charge < -0.3 is 5.32 Å². The molecule has 3 heterocycles. The Kier molecular flexibility index (Phi) is 3.77. The summed E-state index contributed by atoms with van der Waals surface area (Å²) in [6.45, 7) is 4.64. The van der Waals surface area contributed by atoms with Crippen LogP contribution >= 0.6 is 11.3 Å². The van der Waals surface area contributed by atoms with Crippen molar-refractivity contribution in [2.24, 2.45) is 5.41 Å². The smallest absolute Gasteiger partial charge is 0.317 e. The zero-order chi connectivity index (χ0) is 14.2. The van der Waals surface area contributed by atoms with Crippen molar-refractivity contribution in [3.05, 3.63) is 16.1 Å². The lowest BCUT2D eigenvalue weighted by atomic mass is 9.78. The molecule has 1 spiro atoms. The molecule has 0 bridgehead atoms. The van der Waals surface area contributed by atoms with Crippen molar-refractivity contribution in [1.29, 1.82) is 0 Å². The van der Waals surface area contributed by atoms with Gasteiger partial charge >= 0.3 is 6.18 Å². The van der Waals surface area contributed by atoms with Crippen LogP contribution in [0.1, 0.15) is 29.1 Å². The SMILES string of the molecule is FC(F)(F)c1cnc(CN2CCC3(CCNCC3)C2)s1. The first kappa shape index (κ1) is 14.3. The van der Waals surface area contributed by atoms with Gasteiger partial charge in [0.1, 0.15) is 9.88 Å². The Morgan fingerprint density at radius 3 is 2.70 bits per heavy atom. The normalized spacial score (nSPS) is 23.6. The van der Waals surface area contributed by atoms with Crippen LogP contribution in [-0.2, 0) is 12.7 Å². The van der Waals surface area contributed by atoms with Gasteiger partial charge in [0.2, 0.25) is 0 Å². The number of hydrogen-bond donors (Lipinski definition) is 1. The minimum absolute atomic E-state index is 0.384. The quantitative estimate of drug-likeness (QED) is 0.910. The number of likely N-dealkylation sites (tertiary alicyclic amines) is 1. The summed E-state index contributed by atoms with van der Waals surface area (Å²) in [5, 5.41) is 3.94. The number of piperidine rings is 1. The average Bonchev–Trinajstić information content (AvgIpc) is 2.99. The molecule has 2 saturated heterocycles. The molecule has 7 heteroatoms. The summed E-state index contributed by atoms with van der Waals surface area (Å²) in [5.41, 5.74) is 0.384. The van der Waals surface area contributed by atoms with E-state index < -0.39 is 11.1 Å². The monoisotopic (exact) mass is 305 g/mol. The minimum Gasteiger partial charge on any atom is -0.317 e. The molecule has 3 nitrogen and oxygen atoms in total. The van der Waals surface area contributed by atoms with Gasteiger partial charge in [0.25, 0.3) is 0 Å². The first-order valence-electron chi connectivity index (χ1n) is 6.92. The summed E-state index contributed by atoms with van der Waals surface area (Å²) >= 11 is 0.772. The van der Waals surface area contributed by atoms with Gasteiger partial charge in [0.15, 0.2) is 0 Å². The van der Waals surface area contributed by atoms with Crippen LogP contribution in [0.3, 0.4) is 0 Å². The highest BCUT2D eigenvalue weighted by atomic mass is 32.1. The van der Waals surface area contributed by atoms with Gasteiger partial charge in [-0.15, -0.1) is 11.3 Å². The Morgan fingerprint density at radius 2 is 2.05 bits per heavy atom. The van der Waals surface area contributed by atoms with Crippen molar-refractivity contribution >= 4 is 11.3 Å². The highest BCUT2D eigenvalue weighted by molar-refractivity contribution is 7.11. The molecule has 112 valence electrons. The molecule has 2 aliphatic heterocycles. The number of nitrogens with one attached hydrogen (secondary N) is 1. The first-order valence-corrected chi connectivity index (χ1v) is 7.74. The number of hydrogen-bond acceptors (Lipinski definition) is 4. The van der Waals surface area contributed by atoms with Crippen LogP contribution in [0, 0.1) is 5.41 Å². The lowest BCUT2D eigenvalue weighted by Crippen LogP contribution is -2.38. The van der Waals surface area contributed by atoms with Crippen molar-refractivity contribution in [2.45, 2.75) is 32.0 Å². The topological polar surface area (TPSA) is 28.2 Å². The van der Waals surface area contributed by atoms with E-state index in [0.29, 0.717) is 17.0 Å². The predicted molar refractivity (Wildman–Crippen MR) is 71.5 cm³/mol. The van der Waals surface area contributed by atoms with E-state index in [1.807, 2.05) is 0 Å². The predicted octanol–water partition coefficient (Wildman–Crippen LogP) is 2.74. The Balaban J connectivity index is 1.60. The van der Waals surface area contributed by atoms with E-state index in [4.69, 9.17) is 0 Å². The zero-order valence-corrected chi connectivity index (χ0v) is 12.0. The van der Waals surface area contributed by atoms with Crippen LogP contribution in [-0.4, -0.2) is 36.1 Å². The lowest BCUT2D eigenvalue weighted by molar-refractivity contribution is -0.134. The maximum Gasteiger partial charge on any atom is 0.427 e. The second-order valence-electron chi connectivity index (χ2n) is 5.83. The average molecular weight is 305 g/mol. The Hall–Kier alpha value is -0.660. The molecular weight excluding hydrogens is 287 g/mol. The maximum atomic E-state index is 12.6. The minimum atomic E-state index is -4.27. The summed E-state index contributed by atoms with van der Waals surface area (Å²) in [6, 6.07) is 0. The van der Waals surface area contributed by atoms with E-state index in [9.17, 15) is 13.2 Å². The van der Waals surface area contributed by atoms with Gasteiger partial charge in [-0.2, -0.15) is 13.2 Å². The zero-order valence-electron chi connectivity index (χ0n) is 11.2. The van der Waals surface area contributed by atoms with Gasteiger partial charge in [-0.1, -0.05) is 0 Å². The van der Waals surface area contributed by atoms with Gasteiger partial charge in [-0.05, 0) is 44.3 Å². The van der Waals surface area contributed by atoms with Crippen molar-refractivity contribution in [2.75, 3.05) is 26.2 Å². The number of thiazole rings is 1. The summed E-state index contributed by atoms with van der Waals surface area (Å²) < 4.78 is 37.7. The summed E-state index contributed by atoms with van der Waals surface area (Å²) in [6.07, 6.45) is 0.198. The van der Waals surface area contributed by atoms with Gasteiger partial charge in [-0.3, -0.25) is 4.90 Å². The maximum absolute atomic E-state index is 12.6. The van der Waals surface area contributed by atoms with E-state index in [2.05, 4.69) is 15.2 Å². The molecule has 3 rings (SSSR count). The molecule has 0 aliphatic carbocycles. The molecule has 0 aromatic carbocycles. The third-order valence-electron chi connectivity index (χ3n) is 4.37. The van der Waals surface area contributed by atoms with Crippen LogP contribution < -0.4 is 5.32 Å². The molecule has 0 saturated carbocycles. The lowest BCUT2D eigenvalue weighted by Gasteiger charge is -2.33. The van der Waals surface area contributed by atoms with E-state index >= 15 is 0 Å². The highest BCUT2D eigenvalue weighted by Crippen LogP contribution is 2.40. The number of halogens is 3. The van der Waals surface area contributed by atoms with E-state index in [0.717, 1.165) is 50.1 Å². The number of aromatic nitrogens is 1. The Labute approximate surface area is 120 Å². The number of rotatable bonds is 2. The van der Waals surface area contributed by atoms with Gasteiger partial charge in [-0.25, -0.2) is 4.98 Å². The van der Waals surface area contributed by atoms with Gasteiger partial charge in [0, 0.05) is 6.54 Å². The van der Waals surface area contributed by atoms with Crippen LogP contribution in [0.2, 0.25) is 0 Å². The molecule has 1 N–H and O–H groups in total. The molecular formula is C13H18F3N3S. The Morgan fingerprint density at radius 1 is 1.30 bits per heavy atom. The van der Waals surface area contributed by atoms with Crippen LogP contribution in [0.5, 0.6) is 0 Å². The molecule has 20 heavy (non-hydrogen) atoms. The van der Waals surface area contributed by atoms with Crippen molar-refractivity contribution in [1.82, 2.24) is 15.2 Å². The van der Waals surface area contributed by atoms with Crippen LogP contribution in [0.4, 0.5) is 13.2 Å². The molecule has 1 aromatic rings. The van der Waals surface area contributed by atoms with E-state index in [1.54, 1.807) is 0 Å². The second-order valence-corrected chi connectivity index (χ2v) is 6.94. The molecule has 1 aromatic heterocycles. The van der Waals surface area contributed by atoms with Crippen LogP contribution in [0.15, 0.2) is 6.20 Å². The van der Waals surface area contributed by atoms with Crippen LogP contribution in [0.25, 0.3) is 0 Å². The third-order valence-corrected chi connectivity index (χ3v) is 5.40. The standard InChI is InChI=1S/C13H18F3N3S/c14-13(15,16)10-7-18-11(20-10)8-19-6-3-12(9-19)1-4-17-5-2-12/h7,17H,1-6,8-9H2. The number of nitrogens with zero attached hydrogens (tertiary/aromatic N) is 2. The summed E-state index contributed by atoms with van der Waals surface area (Å²) in [4.78, 5) is 5.58. The first-order chi connectivity index (χ1) is 9.47. The largest absolute Gasteiger partial charge is 0.427 e. The molecule has 2 fully saturated rings. The molecule has 0 atom stereocenters. The molecule has 2 aliphatic rings. The molecule has 0 amide bonds. The Bertz CT molecular complexity index is 466. The number of alkyl halides is 3. The fraction of sp³-hybridized carbons (Fsp3) is 0.769. The van der Waals surface area contributed by atoms with Crippen molar-refractivity contribution < 1.29 is 13.2 Å². The second kappa shape index (κ2) is 5.27.